The Balaban J connectivity index is 1.84. The molecule has 4 nitrogen and oxygen atoms in total. The van der Waals surface area contributed by atoms with Crippen molar-refractivity contribution in [2.75, 3.05) is 32.9 Å². The summed E-state index contributed by atoms with van der Waals surface area (Å²) in [4.78, 5) is 13.5. The number of benzene rings is 1. The number of rotatable bonds is 5. The van der Waals surface area contributed by atoms with E-state index < -0.39 is 24.7 Å². The molecule has 8 heteroatoms. The first kappa shape index (κ1) is 17.7. The summed E-state index contributed by atoms with van der Waals surface area (Å²) in [7, 11) is 0. The molecule has 128 valence electrons. The van der Waals surface area contributed by atoms with Crippen LogP contribution in [0, 0.1) is 5.82 Å². The van der Waals surface area contributed by atoms with Crippen LogP contribution in [0.15, 0.2) is 24.3 Å². The van der Waals surface area contributed by atoms with Gasteiger partial charge in [-0.1, -0.05) is 18.2 Å². The highest BCUT2D eigenvalue weighted by molar-refractivity contribution is 5.76. The third-order valence-corrected chi connectivity index (χ3v) is 3.40. The van der Waals surface area contributed by atoms with Crippen molar-refractivity contribution in [2.24, 2.45) is 0 Å². The molecule has 1 aliphatic heterocycles. The second-order valence-corrected chi connectivity index (χ2v) is 5.14. The Morgan fingerprint density at radius 3 is 2.78 bits per heavy atom. The molecule has 1 aliphatic rings. The normalized spacial score (nSPS) is 19.0. The molecular formula is C15H17F4NO3. The highest BCUT2D eigenvalue weighted by Gasteiger charge is 2.29. The zero-order chi connectivity index (χ0) is 16.9. The quantitative estimate of drug-likeness (QED) is 0.613. The van der Waals surface area contributed by atoms with Crippen molar-refractivity contribution in [3.8, 4) is 0 Å². The lowest BCUT2D eigenvalue weighted by atomic mass is 10.1. The van der Waals surface area contributed by atoms with Crippen molar-refractivity contribution in [1.82, 2.24) is 4.90 Å². The summed E-state index contributed by atoms with van der Waals surface area (Å²) < 4.78 is 59.5. The van der Waals surface area contributed by atoms with Crippen LogP contribution in [-0.2, 0) is 14.3 Å². The van der Waals surface area contributed by atoms with Gasteiger partial charge < -0.3 is 14.4 Å². The molecule has 0 unspecified atom stereocenters. The van der Waals surface area contributed by atoms with E-state index in [2.05, 4.69) is 4.74 Å². The van der Waals surface area contributed by atoms with Crippen LogP contribution in [0.2, 0.25) is 0 Å². The van der Waals surface area contributed by atoms with Crippen LogP contribution in [0.4, 0.5) is 17.6 Å². The van der Waals surface area contributed by atoms with Gasteiger partial charge in [-0.3, -0.25) is 4.79 Å². The second kappa shape index (κ2) is 7.74. The Morgan fingerprint density at radius 2 is 2.09 bits per heavy atom. The summed E-state index contributed by atoms with van der Waals surface area (Å²) in [6.45, 7) is -0.947. The van der Waals surface area contributed by atoms with E-state index in [1.807, 2.05) is 0 Å². The molecule has 1 amide bonds. The highest BCUT2D eigenvalue weighted by atomic mass is 19.4. The summed E-state index contributed by atoms with van der Waals surface area (Å²) in [5, 5.41) is 0. The smallest absolute Gasteiger partial charge is 0.372 e. The lowest BCUT2D eigenvalue weighted by molar-refractivity contribution is -0.175. The molecule has 0 N–H and O–H groups in total. The van der Waals surface area contributed by atoms with E-state index in [-0.39, 0.29) is 32.1 Å². The molecule has 0 aromatic heterocycles. The molecule has 1 aromatic carbocycles. The fourth-order valence-electron chi connectivity index (χ4n) is 2.31. The van der Waals surface area contributed by atoms with Gasteiger partial charge in [0.2, 0.25) is 5.91 Å². The summed E-state index contributed by atoms with van der Waals surface area (Å²) >= 11 is 0. The fraction of sp³-hybridized carbons (Fsp3) is 0.533. The van der Waals surface area contributed by atoms with Crippen molar-refractivity contribution < 1.29 is 31.8 Å². The summed E-state index contributed by atoms with van der Waals surface area (Å²) in [6.07, 6.45) is -5.14. The number of amides is 1. The van der Waals surface area contributed by atoms with Gasteiger partial charge in [0.1, 0.15) is 18.5 Å². The maximum atomic E-state index is 13.8. The van der Waals surface area contributed by atoms with Gasteiger partial charge in [0.15, 0.2) is 0 Å². The van der Waals surface area contributed by atoms with Gasteiger partial charge in [-0.15, -0.1) is 0 Å². The molecule has 1 heterocycles. The Kier molecular flexibility index (Phi) is 5.95. The SMILES string of the molecule is O=C(CCOCC(F)(F)F)N1CCO[C@H](c2ccccc2F)C1. The van der Waals surface area contributed by atoms with Crippen LogP contribution in [0.1, 0.15) is 18.1 Å². The largest absolute Gasteiger partial charge is 0.411 e. The average molecular weight is 335 g/mol. The molecule has 1 saturated heterocycles. The number of nitrogens with zero attached hydrogens (tertiary/aromatic N) is 1. The van der Waals surface area contributed by atoms with Crippen LogP contribution < -0.4 is 0 Å². The first-order chi connectivity index (χ1) is 10.9. The van der Waals surface area contributed by atoms with Crippen molar-refractivity contribution in [1.29, 1.82) is 0 Å². The molecule has 23 heavy (non-hydrogen) atoms. The van der Waals surface area contributed by atoms with Gasteiger partial charge in [-0.25, -0.2) is 4.39 Å². The van der Waals surface area contributed by atoms with E-state index in [9.17, 15) is 22.4 Å². The van der Waals surface area contributed by atoms with Gasteiger partial charge in [0.05, 0.1) is 26.2 Å². The molecule has 1 atom stereocenters. The first-order valence-electron chi connectivity index (χ1n) is 7.15. The van der Waals surface area contributed by atoms with Gasteiger partial charge in [0, 0.05) is 12.1 Å². The predicted molar refractivity (Wildman–Crippen MR) is 73.2 cm³/mol. The Bertz CT molecular complexity index is 536. The van der Waals surface area contributed by atoms with E-state index >= 15 is 0 Å². The zero-order valence-corrected chi connectivity index (χ0v) is 12.3. The lowest BCUT2D eigenvalue weighted by Gasteiger charge is -2.33. The Hall–Kier alpha value is -1.67. The van der Waals surface area contributed by atoms with Crippen LogP contribution in [0.25, 0.3) is 0 Å². The van der Waals surface area contributed by atoms with Gasteiger partial charge in [0.25, 0.3) is 0 Å². The topological polar surface area (TPSA) is 38.8 Å². The fourth-order valence-corrected chi connectivity index (χ4v) is 2.31. The molecule has 2 rings (SSSR count). The monoisotopic (exact) mass is 335 g/mol. The van der Waals surface area contributed by atoms with E-state index in [4.69, 9.17) is 4.74 Å². The highest BCUT2D eigenvalue weighted by Crippen LogP contribution is 2.24. The molecular weight excluding hydrogens is 318 g/mol. The molecule has 0 bridgehead atoms. The van der Waals surface area contributed by atoms with Crippen molar-refractivity contribution >= 4 is 5.91 Å². The number of hydrogen-bond acceptors (Lipinski definition) is 3. The lowest BCUT2D eigenvalue weighted by Crippen LogP contribution is -2.42. The maximum absolute atomic E-state index is 13.8. The van der Waals surface area contributed by atoms with Crippen molar-refractivity contribution in [3.63, 3.8) is 0 Å². The number of carbonyl (C=O) groups excluding carboxylic acids is 1. The number of carbonyl (C=O) groups is 1. The molecule has 0 saturated carbocycles. The molecule has 0 radical (unpaired) electrons. The van der Waals surface area contributed by atoms with Gasteiger partial charge in [-0.05, 0) is 6.07 Å². The number of morpholine rings is 1. The maximum Gasteiger partial charge on any atom is 0.411 e. The molecule has 1 fully saturated rings. The number of ether oxygens (including phenoxy) is 2. The summed E-state index contributed by atoms with van der Waals surface area (Å²) in [5.41, 5.74) is 0.360. The van der Waals surface area contributed by atoms with Crippen LogP contribution in [0.3, 0.4) is 0 Å². The minimum absolute atomic E-state index is 0.153. The zero-order valence-electron chi connectivity index (χ0n) is 12.3. The standard InChI is InChI=1S/C15H17F4NO3/c16-12-4-2-1-3-11(12)13-9-20(6-8-23-13)14(21)5-7-22-10-15(17,18)19/h1-4,13H,5-10H2/t13-/m0/s1. The first-order valence-corrected chi connectivity index (χ1v) is 7.15. The Morgan fingerprint density at radius 1 is 1.35 bits per heavy atom. The van der Waals surface area contributed by atoms with E-state index in [0.717, 1.165) is 0 Å². The summed E-state index contributed by atoms with van der Waals surface area (Å²) in [5.74, 6) is -0.753. The molecule has 1 aromatic rings. The predicted octanol–water partition coefficient (Wildman–Crippen LogP) is 2.69. The minimum atomic E-state index is -4.40. The van der Waals surface area contributed by atoms with Crippen LogP contribution in [-0.4, -0.2) is 49.9 Å². The minimum Gasteiger partial charge on any atom is -0.372 e. The third-order valence-electron chi connectivity index (χ3n) is 3.40. The van der Waals surface area contributed by atoms with E-state index in [1.54, 1.807) is 18.2 Å². The van der Waals surface area contributed by atoms with E-state index in [0.29, 0.717) is 12.1 Å². The number of halogens is 4. The van der Waals surface area contributed by atoms with Gasteiger partial charge >= 0.3 is 6.18 Å². The third kappa shape index (κ3) is 5.47. The number of hydrogen-bond donors (Lipinski definition) is 0. The van der Waals surface area contributed by atoms with Crippen LogP contribution >= 0.6 is 0 Å². The van der Waals surface area contributed by atoms with Gasteiger partial charge in [-0.2, -0.15) is 13.2 Å². The Labute approximate surface area is 131 Å². The second-order valence-electron chi connectivity index (χ2n) is 5.14. The van der Waals surface area contributed by atoms with Crippen molar-refractivity contribution in [3.05, 3.63) is 35.6 Å². The average Bonchev–Trinajstić information content (AvgIpc) is 2.51. The van der Waals surface area contributed by atoms with E-state index in [1.165, 1.54) is 11.0 Å². The number of alkyl halides is 3. The van der Waals surface area contributed by atoms with Crippen LogP contribution in [0.5, 0.6) is 0 Å². The van der Waals surface area contributed by atoms with Crippen molar-refractivity contribution in [2.45, 2.75) is 18.7 Å². The molecule has 0 aliphatic carbocycles. The molecule has 0 spiro atoms. The summed E-state index contributed by atoms with van der Waals surface area (Å²) in [6, 6.07) is 6.13.